The Morgan fingerprint density at radius 1 is 1.33 bits per heavy atom. The van der Waals surface area contributed by atoms with Gasteiger partial charge in [-0.25, -0.2) is 4.39 Å². The second kappa shape index (κ2) is 5.57. The molecular formula is C14H20FNO2. The average Bonchev–Trinajstić information content (AvgIpc) is 2.82. The molecule has 1 aromatic carbocycles. The Labute approximate surface area is 107 Å². The molecule has 3 nitrogen and oxygen atoms in total. The topological polar surface area (TPSA) is 30.5 Å². The van der Waals surface area contributed by atoms with Gasteiger partial charge in [0.2, 0.25) is 0 Å². The molecule has 0 saturated carbocycles. The first-order valence-electron chi connectivity index (χ1n) is 6.39. The van der Waals surface area contributed by atoms with Crippen LogP contribution in [0, 0.1) is 5.82 Å². The van der Waals surface area contributed by atoms with E-state index in [1.54, 1.807) is 13.2 Å². The van der Waals surface area contributed by atoms with Gasteiger partial charge in [-0.15, -0.1) is 0 Å². The highest BCUT2D eigenvalue weighted by Gasteiger charge is 2.22. The fourth-order valence-corrected chi connectivity index (χ4v) is 2.27. The molecule has 1 heterocycles. The van der Waals surface area contributed by atoms with E-state index < -0.39 is 0 Å². The molecule has 1 unspecified atom stereocenters. The minimum absolute atomic E-state index is 0.00578. The Balaban J connectivity index is 2.32. The van der Waals surface area contributed by atoms with Crippen LogP contribution in [-0.2, 0) is 0 Å². The Morgan fingerprint density at radius 3 is 2.67 bits per heavy atom. The molecule has 0 aliphatic carbocycles. The molecule has 18 heavy (non-hydrogen) atoms. The van der Waals surface area contributed by atoms with E-state index in [-0.39, 0.29) is 18.0 Å². The molecule has 0 bridgehead atoms. The molecule has 0 amide bonds. The van der Waals surface area contributed by atoms with Crippen molar-refractivity contribution in [2.24, 2.45) is 0 Å². The van der Waals surface area contributed by atoms with E-state index in [0.717, 1.165) is 19.4 Å². The molecule has 4 heteroatoms. The zero-order chi connectivity index (χ0) is 13.1. The minimum atomic E-state index is -0.231. The zero-order valence-electron chi connectivity index (χ0n) is 11.1. The maximum atomic E-state index is 14.1. The van der Waals surface area contributed by atoms with Crippen molar-refractivity contribution in [2.45, 2.75) is 38.8 Å². The number of methoxy groups -OCH3 is 1. The number of hydrogen-bond donors (Lipinski definition) is 1. The van der Waals surface area contributed by atoms with E-state index in [4.69, 9.17) is 9.47 Å². The fourth-order valence-electron chi connectivity index (χ4n) is 2.27. The monoisotopic (exact) mass is 253 g/mol. The first-order valence-corrected chi connectivity index (χ1v) is 6.39. The van der Waals surface area contributed by atoms with Gasteiger partial charge in [-0.1, -0.05) is 0 Å². The van der Waals surface area contributed by atoms with Crippen LogP contribution in [0.4, 0.5) is 4.39 Å². The van der Waals surface area contributed by atoms with Crippen molar-refractivity contribution >= 4 is 0 Å². The molecule has 0 aromatic heterocycles. The molecule has 1 atom stereocenters. The third-order valence-electron chi connectivity index (χ3n) is 3.08. The Kier molecular flexibility index (Phi) is 4.07. The third kappa shape index (κ3) is 2.75. The highest BCUT2D eigenvalue weighted by Crippen LogP contribution is 2.35. The highest BCUT2D eigenvalue weighted by molar-refractivity contribution is 5.45. The van der Waals surface area contributed by atoms with Crippen molar-refractivity contribution in [3.63, 3.8) is 0 Å². The van der Waals surface area contributed by atoms with Gasteiger partial charge >= 0.3 is 0 Å². The van der Waals surface area contributed by atoms with E-state index in [1.807, 2.05) is 13.8 Å². The zero-order valence-corrected chi connectivity index (χ0v) is 11.1. The van der Waals surface area contributed by atoms with E-state index in [9.17, 15) is 4.39 Å². The van der Waals surface area contributed by atoms with Crippen LogP contribution in [-0.4, -0.2) is 19.8 Å². The Morgan fingerprint density at radius 2 is 2.11 bits per heavy atom. The second-order valence-electron chi connectivity index (χ2n) is 4.84. The van der Waals surface area contributed by atoms with E-state index in [2.05, 4.69) is 5.32 Å². The van der Waals surface area contributed by atoms with Gasteiger partial charge in [-0.2, -0.15) is 0 Å². The summed E-state index contributed by atoms with van der Waals surface area (Å²) in [7, 11) is 1.58. The molecule has 0 radical (unpaired) electrons. The summed E-state index contributed by atoms with van der Waals surface area (Å²) in [5.41, 5.74) is 0.667. The normalized spacial score (nSPS) is 19.3. The number of hydrogen-bond acceptors (Lipinski definition) is 3. The van der Waals surface area contributed by atoms with Gasteiger partial charge in [0.05, 0.1) is 13.2 Å². The number of halogens is 1. The Hall–Kier alpha value is -1.29. The first kappa shape index (κ1) is 13.1. The number of rotatable bonds is 4. The number of benzene rings is 1. The molecule has 1 fully saturated rings. The van der Waals surface area contributed by atoms with E-state index in [1.165, 1.54) is 6.07 Å². The smallest absolute Gasteiger partial charge is 0.164 e. The van der Waals surface area contributed by atoms with Crippen LogP contribution in [0.3, 0.4) is 0 Å². The van der Waals surface area contributed by atoms with Crippen LogP contribution >= 0.6 is 0 Å². The molecule has 0 spiro atoms. The van der Waals surface area contributed by atoms with Crippen molar-refractivity contribution in [1.82, 2.24) is 5.32 Å². The third-order valence-corrected chi connectivity index (χ3v) is 3.08. The summed E-state index contributed by atoms with van der Waals surface area (Å²) in [6, 6.07) is 3.26. The maximum Gasteiger partial charge on any atom is 0.164 e. The lowest BCUT2D eigenvalue weighted by Crippen LogP contribution is -2.15. The van der Waals surface area contributed by atoms with E-state index >= 15 is 0 Å². The van der Waals surface area contributed by atoms with Crippen LogP contribution in [0.25, 0.3) is 0 Å². The molecule has 1 aliphatic rings. The Bertz CT molecular complexity index is 415. The minimum Gasteiger partial charge on any atom is -0.493 e. The fraction of sp³-hybridized carbons (Fsp3) is 0.571. The predicted octanol–water partition coefficient (Wildman–Crippen LogP) is 3.05. The quantitative estimate of drug-likeness (QED) is 0.894. The first-order chi connectivity index (χ1) is 8.61. The van der Waals surface area contributed by atoms with Gasteiger partial charge in [-0.3, -0.25) is 0 Å². The number of ether oxygens (including phenoxy) is 2. The standard InChI is InChI=1S/C14H20FNO2/c1-9(2)18-14-8-11(15)10(7-13(14)17-3)12-5-4-6-16-12/h7-9,12,16H,4-6H2,1-3H3. The summed E-state index contributed by atoms with van der Waals surface area (Å²) < 4.78 is 24.9. The molecule has 1 aliphatic heterocycles. The van der Waals surface area contributed by atoms with Gasteiger partial charge in [-0.05, 0) is 39.3 Å². The lowest BCUT2D eigenvalue weighted by atomic mass is 10.0. The summed E-state index contributed by atoms with van der Waals surface area (Å²) in [6.45, 7) is 4.75. The van der Waals surface area contributed by atoms with Crippen LogP contribution in [0.5, 0.6) is 11.5 Å². The molecule has 100 valence electrons. The van der Waals surface area contributed by atoms with Crippen LogP contribution in [0.15, 0.2) is 12.1 Å². The van der Waals surface area contributed by atoms with Crippen molar-refractivity contribution in [2.75, 3.05) is 13.7 Å². The molecular weight excluding hydrogens is 233 g/mol. The van der Waals surface area contributed by atoms with Gasteiger partial charge in [0.1, 0.15) is 5.82 Å². The lowest BCUT2D eigenvalue weighted by molar-refractivity contribution is 0.228. The second-order valence-corrected chi connectivity index (χ2v) is 4.84. The SMILES string of the molecule is COc1cc(C2CCCN2)c(F)cc1OC(C)C. The van der Waals surface area contributed by atoms with Crippen molar-refractivity contribution in [3.8, 4) is 11.5 Å². The van der Waals surface area contributed by atoms with Crippen LogP contribution in [0.2, 0.25) is 0 Å². The van der Waals surface area contributed by atoms with Crippen molar-refractivity contribution in [1.29, 1.82) is 0 Å². The molecule has 1 saturated heterocycles. The van der Waals surface area contributed by atoms with Gasteiger partial charge in [0.15, 0.2) is 11.5 Å². The predicted molar refractivity (Wildman–Crippen MR) is 68.7 cm³/mol. The largest absolute Gasteiger partial charge is 0.493 e. The molecule has 2 rings (SSSR count). The maximum absolute atomic E-state index is 14.1. The van der Waals surface area contributed by atoms with Crippen LogP contribution < -0.4 is 14.8 Å². The van der Waals surface area contributed by atoms with Crippen LogP contribution in [0.1, 0.15) is 38.3 Å². The average molecular weight is 253 g/mol. The summed E-state index contributed by atoms with van der Waals surface area (Å²) >= 11 is 0. The van der Waals surface area contributed by atoms with E-state index in [0.29, 0.717) is 17.1 Å². The summed E-state index contributed by atoms with van der Waals surface area (Å²) in [5.74, 6) is 0.825. The van der Waals surface area contributed by atoms with Gasteiger partial charge < -0.3 is 14.8 Å². The van der Waals surface area contributed by atoms with Crippen molar-refractivity contribution < 1.29 is 13.9 Å². The summed E-state index contributed by atoms with van der Waals surface area (Å²) in [6.07, 6.45) is 2.04. The number of nitrogens with one attached hydrogen (secondary N) is 1. The van der Waals surface area contributed by atoms with Gasteiger partial charge in [0.25, 0.3) is 0 Å². The molecule has 1 N–H and O–H groups in total. The van der Waals surface area contributed by atoms with Gasteiger partial charge in [0, 0.05) is 17.7 Å². The highest BCUT2D eigenvalue weighted by atomic mass is 19.1. The lowest BCUT2D eigenvalue weighted by Gasteiger charge is -2.18. The summed E-state index contributed by atoms with van der Waals surface area (Å²) in [5, 5.41) is 3.29. The summed E-state index contributed by atoms with van der Waals surface area (Å²) in [4.78, 5) is 0. The molecule has 1 aromatic rings. The van der Waals surface area contributed by atoms with Crippen molar-refractivity contribution in [3.05, 3.63) is 23.5 Å².